The minimum absolute atomic E-state index is 0.00770. The van der Waals surface area contributed by atoms with Crippen molar-refractivity contribution in [2.45, 2.75) is 32.4 Å². The van der Waals surface area contributed by atoms with Crippen molar-refractivity contribution in [2.24, 2.45) is 7.05 Å². The van der Waals surface area contributed by atoms with E-state index in [1.54, 1.807) is 4.90 Å². The average Bonchev–Trinajstić information content (AvgIpc) is 2.98. The lowest BCUT2D eigenvalue weighted by atomic mass is 10.0. The van der Waals surface area contributed by atoms with E-state index in [1.165, 1.54) is 19.4 Å². The minimum Gasteiger partial charge on any atom is -0.378 e. The minimum atomic E-state index is -3.13. The summed E-state index contributed by atoms with van der Waals surface area (Å²) in [6.07, 6.45) is 0.433. The maximum Gasteiger partial charge on any atom is 0.264 e. The third kappa shape index (κ3) is 6.07. The number of hydrogen-bond acceptors (Lipinski definition) is 8. The van der Waals surface area contributed by atoms with Crippen LogP contribution in [0.15, 0.2) is 35.5 Å². The fraction of sp³-hybridized carbons (Fsp3) is 0.448. The van der Waals surface area contributed by atoms with Gasteiger partial charge in [0.25, 0.3) is 17.9 Å². The number of halogens is 4. The number of aromatic nitrogens is 3. The molecule has 0 bridgehead atoms. The van der Waals surface area contributed by atoms with E-state index in [0.717, 1.165) is 16.8 Å². The number of piperazine rings is 1. The van der Waals surface area contributed by atoms with Gasteiger partial charge in [0, 0.05) is 87.2 Å². The highest BCUT2D eigenvalue weighted by Crippen LogP contribution is 2.39. The number of nitrogens with zero attached hydrogens (tertiary/aromatic N) is 6. The third-order valence-corrected chi connectivity index (χ3v) is 8.10. The van der Waals surface area contributed by atoms with E-state index in [9.17, 15) is 18.4 Å². The van der Waals surface area contributed by atoms with Gasteiger partial charge in [0.2, 0.25) is 5.95 Å². The van der Waals surface area contributed by atoms with Gasteiger partial charge in [-0.3, -0.25) is 14.5 Å². The quantitative estimate of drug-likeness (QED) is 0.427. The second kappa shape index (κ2) is 12.3. The molecule has 0 aliphatic carbocycles. The number of benzene rings is 1. The second-order valence-electron chi connectivity index (χ2n) is 10.9. The molecule has 0 radical (unpaired) electrons. The SMILES string of the molecule is CC1CN(c2cc(F)c(-c3cnc(N4CCOCC4)nc3)c(F)c2NC(=O)c2cn(C)c(=O)cc2C(F)F)CC(C)N1C. The lowest BCUT2D eigenvalue weighted by molar-refractivity contribution is 0.101. The number of rotatable bonds is 6. The van der Waals surface area contributed by atoms with Gasteiger partial charge in [-0.15, -0.1) is 0 Å². The van der Waals surface area contributed by atoms with Crippen molar-refractivity contribution in [1.29, 1.82) is 0 Å². The monoisotopic (exact) mass is 603 g/mol. The number of anilines is 3. The number of carbonyl (C=O) groups excluding carboxylic acids is 1. The van der Waals surface area contributed by atoms with Crippen molar-refractivity contribution in [3.63, 3.8) is 0 Å². The van der Waals surface area contributed by atoms with Gasteiger partial charge >= 0.3 is 0 Å². The molecule has 5 rings (SSSR count). The molecule has 1 N–H and O–H groups in total. The highest BCUT2D eigenvalue weighted by molar-refractivity contribution is 6.07. The molecule has 2 aliphatic heterocycles. The molecule has 230 valence electrons. The molecule has 0 spiro atoms. The van der Waals surface area contributed by atoms with Crippen LogP contribution < -0.4 is 20.7 Å². The van der Waals surface area contributed by atoms with E-state index in [0.29, 0.717) is 51.4 Å². The van der Waals surface area contributed by atoms with Crippen molar-refractivity contribution >= 4 is 23.2 Å². The van der Waals surface area contributed by atoms with Gasteiger partial charge < -0.3 is 24.4 Å². The smallest absolute Gasteiger partial charge is 0.264 e. The van der Waals surface area contributed by atoms with Crippen molar-refractivity contribution in [3.8, 4) is 11.1 Å². The van der Waals surface area contributed by atoms with Crippen LogP contribution in [0, 0.1) is 11.6 Å². The first-order valence-electron chi connectivity index (χ1n) is 13.9. The van der Waals surface area contributed by atoms with Crippen molar-refractivity contribution in [1.82, 2.24) is 19.4 Å². The number of hydrogen-bond donors (Lipinski definition) is 1. The van der Waals surface area contributed by atoms with Crippen LogP contribution in [-0.2, 0) is 11.8 Å². The summed E-state index contributed by atoms with van der Waals surface area (Å²) in [6, 6.07) is 1.81. The number of alkyl halides is 2. The van der Waals surface area contributed by atoms with Crippen LogP contribution in [0.2, 0.25) is 0 Å². The Labute approximate surface area is 245 Å². The van der Waals surface area contributed by atoms with Crippen LogP contribution in [0.25, 0.3) is 11.1 Å². The average molecular weight is 604 g/mol. The van der Waals surface area contributed by atoms with E-state index >= 15 is 8.78 Å². The third-order valence-electron chi connectivity index (χ3n) is 8.10. The number of amides is 1. The van der Waals surface area contributed by atoms with Crippen LogP contribution in [0.5, 0.6) is 0 Å². The maximum atomic E-state index is 16.5. The van der Waals surface area contributed by atoms with Crippen LogP contribution in [0.1, 0.15) is 36.2 Å². The highest BCUT2D eigenvalue weighted by atomic mass is 19.3. The number of nitrogens with one attached hydrogen (secondary N) is 1. The Hall–Kier alpha value is -4.04. The number of carbonyl (C=O) groups is 1. The molecule has 2 fully saturated rings. The Morgan fingerprint density at radius 2 is 1.65 bits per heavy atom. The molecule has 2 unspecified atom stereocenters. The summed E-state index contributed by atoms with van der Waals surface area (Å²) in [5.74, 6) is -2.69. The Kier molecular flexibility index (Phi) is 8.69. The Morgan fingerprint density at radius 1 is 1.02 bits per heavy atom. The van der Waals surface area contributed by atoms with E-state index in [-0.39, 0.29) is 29.0 Å². The standard InChI is InChI=1S/C29H33F4N7O3/c1-16-13-40(14-17(2)38(16)4)22-10-21(30)24(18-11-34-29(35-12-18)39-5-7-43-8-6-39)25(31)26(22)36-28(42)20-15-37(3)23(41)9-19(20)27(32)33/h9-12,15-17,27H,5-8,13-14H2,1-4H3,(H,36,42). The highest BCUT2D eigenvalue weighted by Gasteiger charge is 2.32. The van der Waals surface area contributed by atoms with Crippen LogP contribution in [-0.4, -0.2) is 83.9 Å². The number of morpholine rings is 1. The molecule has 43 heavy (non-hydrogen) atoms. The van der Waals surface area contributed by atoms with Gasteiger partial charge in [-0.05, 0) is 20.9 Å². The molecule has 1 amide bonds. The summed E-state index contributed by atoms with van der Waals surface area (Å²) < 4.78 is 66.2. The molecule has 14 heteroatoms. The van der Waals surface area contributed by atoms with Crippen LogP contribution >= 0.6 is 0 Å². The summed E-state index contributed by atoms with van der Waals surface area (Å²) >= 11 is 0. The largest absolute Gasteiger partial charge is 0.378 e. The molecule has 2 atom stereocenters. The molecule has 2 aromatic heterocycles. The maximum absolute atomic E-state index is 16.5. The van der Waals surface area contributed by atoms with Gasteiger partial charge in [-0.25, -0.2) is 27.5 Å². The first-order valence-corrected chi connectivity index (χ1v) is 13.9. The fourth-order valence-electron chi connectivity index (χ4n) is 5.41. The number of pyridine rings is 1. The lowest BCUT2D eigenvalue weighted by Gasteiger charge is -2.44. The number of aryl methyl sites for hydroxylation is 1. The van der Waals surface area contributed by atoms with Crippen LogP contribution in [0.3, 0.4) is 0 Å². The Balaban J connectivity index is 1.59. The van der Waals surface area contributed by atoms with E-state index < -0.39 is 46.2 Å². The predicted octanol–water partition coefficient (Wildman–Crippen LogP) is 3.68. The molecule has 2 aliphatic rings. The second-order valence-corrected chi connectivity index (χ2v) is 10.9. The van der Waals surface area contributed by atoms with Crippen LogP contribution in [0.4, 0.5) is 34.9 Å². The zero-order valence-electron chi connectivity index (χ0n) is 24.3. The normalized spacial score (nSPS) is 19.7. The molecule has 10 nitrogen and oxygen atoms in total. The summed E-state index contributed by atoms with van der Waals surface area (Å²) in [7, 11) is 3.26. The molecular formula is C29H33F4N7O3. The number of likely N-dealkylation sites (N-methyl/N-ethyl adjacent to an activating group) is 1. The van der Waals surface area contributed by atoms with Gasteiger partial charge in [0.05, 0.1) is 30.0 Å². The van der Waals surface area contributed by atoms with Crippen molar-refractivity contribution < 1.29 is 27.1 Å². The van der Waals surface area contributed by atoms with E-state index in [1.807, 2.05) is 25.8 Å². The summed E-state index contributed by atoms with van der Waals surface area (Å²) in [6.45, 7) is 6.86. The molecule has 2 saturated heterocycles. The van der Waals surface area contributed by atoms with Gasteiger partial charge in [0.1, 0.15) is 11.5 Å². The Morgan fingerprint density at radius 3 is 2.26 bits per heavy atom. The first kappa shape index (κ1) is 30.4. The van der Waals surface area contributed by atoms with E-state index in [4.69, 9.17) is 4.74 Å². The molecular weight excluding hydrogens is 570 g/mol. The fourth-order valence-corrected chi connectivity index (χ4v) is 5.41. The molecule has 4 heterocycles. The van der Waals surface area contributed by atoms with Gasteiger partial charge in [0.15, 0.2) is 5.82 Å². The van der Waals surface area contributed by atoms with Crippen molar-refractivity contribution in [2.75, 3.05) is 61.6 Å². The lowest BCUT2D eigenvalue weighted by Crippen LogP contribution is -2.55. The topological polar surface area (TPSA) is 95.8 Å². The zero-order valence-corrected chi connectivity index (χ0v) is 24.3. The summed E-state index contributed by atoms with van der Waals surface area (Å²) in [5, 5.41) is 2.43. The first-order chi connectivity index (χ1) is 20.5. The summed E-state index contributed by atoms with van der Waals surface area (Å²) in [5.41, 5.74) is -2.79. The molecule has 0 saturated carbocycles. The van der Waals surface area contributed by atoms with Gasteiger partial charge in [-0.1, -0.05) is 0 Å². The predicted molar refractivity (Wildman–Crippen MR) is 154 cm³/mol. The zero-order chi connectivity index (χ0) is 31.0. The Bertz CT molecular complexity index is 1550. The summed E-state index contributed by atoms with van der Waals surface area (Å²) in [4.78, 5) is 39.8. The van der Waals surface area contributed by atoms with E-state index in [2.05, 4.69) is 20.2 Å². The van der Waals surface area contributed by atoms with Crippen molar-refractivity contribution in [3.05, 3.63) is 63.8 Å². The van der Waals surface area contributed by atoms with Gasteiger partial charge in [-0.2, -0.15) is 0 Å². The molecule has 1 aromatic carbocycles. The number of ether oxygens (including phenoxy) is 1. The molecule has 3 aromatic rings.